The number of allylic oxidation sites excluding steroid dienone is 1. The van der Waals surface area contributed by atoms with Gasteiger partial charge in [0.05, 0.1) is 6.04 Å². The Kier molecular flexibility index (Phi) is 15.8. The summed E-state index contributed by atoms with van der Waals surface area (Å²) in [6.45, 7) is 5.25. The fraction of sp³-hybridized carbons (Fsp3) is 0.846. The molecule has 168 valence electrons. The molecule has 0 aliphatic carbocycles. The first-order valence-corrected chi connectivity index (χ1v) is 12.6. The molecule has 3 nitrogen and oxygen atoms in total. The second kappa shape index (κ2) is 17.7. The lowest BCUT2D eigenvalue weighted by Gasteiger charge is -2.29. The van der Waals surface area contributed by atoms with Crippen LogP contribution in [0.25, 0.3) is 0 Å². The van der Waals surface area contributed by atoms with Crippen molar-refractivity contribution in [3.8, 4) is 0 Å². The van der Waals surface area contributed by atoms with Crippen LogP contribution >= 0.6 is 0 Å². The van der Waals surface area contributed by atoms with Crippen molar-refractivity contribution in [2.75, 3.05) is 6.54 Å². The molecule has 0 bridgehead atoms. The van der Waals surface area contributed by atoms with Gasteiger partial charge in [0, 0.05) is 19.4 Å². The zero-order valence-corrected chi connectivity index (χ0v) is 19.4. The third-order valence-corrected chi connectivity index (χ3v) is 6.38. The number of hydrogen-bond acceptors (Lipinski definition) is 2. The Morgan fingerprint density at radius 1 is 0.897 bits per heavy atom. The lowest BCUT2D eigenvalue weighted by molar-refractivity contribution is -0.129. The van der Waals surface area contributed by atoms with Crippen LogP contribution < -0.4 is 0 Å². The number of likely N-dealkylation sites (tertiary alicyclic amines) is 1. The summed E-state index contributed by atoms with van der Waals surface area (Å²) < 4.78 is 0. The molecule has 0 saturated carbocycles. The lowest BCUT2D eigenvalue weighted by Crippen LogP contribution is -2.37. The number of aldehydes is 1. The van der Waals surface area contributed by atoms with Crippen molar-refractivity contribution < 1.29 is 9.59 Å². The van der Waals surface area contributed by atoms with Crippen molar-refractivity contribution in [3.05, 3.63) is 11.6 Å². The van der Waals surface area contributed by atoms with E-state index >= 15 is 0 Å². The molecule has 1 saturated heterocycles. The molecule has 1 amide bonds. The van der Waals surface area contributed by atoms with Crippen molar-refractivity contribution in [2.24, 2.45) is 0 Å². The maximum atomic E-state index is 12.2. The lowest BCUT2D eigenvalue weighted by atomic mass is 9.98. The fourth-order valence-corrected chi connectivity index (χ4v) is 4.53. The zero-order valence-electron chi connectivity index (χ0n) is 19.4. The highest BCUT2D eigenvalue weighted by atomic mass is 16.2. The van der Waals surface area contributed by atoms with Gasteiger partial charge in [0.25, 0.3) is 0 Å². The van der Waals surface area contributed by atoms with E-state index in [1.807, 2.05) is 6.08 Å². The second-order valence-electron chi connectivity index (χ2n) is 8.94. The van der Waals surface area contributed by atoms with Gasteiger partial charge >= 0.3 is 0 Å². The van der Waals surface area contributed by atoms with Crippen LogP contribution in [0.3, 0.4) is 0 Å². The number of amides is 1. The Morgan fingerprint density at radius 2 is 1.41 bits per heavy atom. The van der Waals surface area contributed by atoms with Gasteiger partial charge in [-0.05, 0) is 19.8 Å². The first-order chi connectivity index (χ1) is 14.2. The predicted molar refractivity (Wildman–Crippen MR) is 124 cm³/mol. The van der Waals surface area contributed by atoms with E-state index in [0.29, 0.717) is 18.7 Å². The molecule has 1 heterocycles. The molecule has 0 spiro atoms. The second-order valence-corrected chi connectivity index (χ2v) is 8.94. The van der Waals surface area contributed by atoms with Gasteiger partial charge in [-0.1, -0.05) is 108 Å². The summed E-state index contributed by atoms with van der Waals surface area (Å²) in [5.41, 5.74) is 1.20. The van der Waals surface area contributed by atoms with Crippen molar-refractivity contribution in [2.45, 2.75) is 135 Å². The molecule has 0 aromatic rings. The summed E-state index contributed by atoms with van der Waals surface area (Å²) in [5, 5.41) is 0. The molecule has 0 aromatic carbocycles. The van der Waals surface area contributed by atoms with E-state index in [4.69, 9.17) is 0 Å². The number of rotatable bonds is 19. The molecule has 1 unspecified atom stereocenters. The molecule has 0 N–H and O–H groups in total. The van der Waals surface area contributed by atoms with E-state index < -0.39 is 0 Å². The van der Waals surface area contributed by atoms with Crippen LogP contribution in [0, 0.1) is 0 Å². The van der Waals surface area contributed by atoms with E-state index in [0.717, 1.165) is 25.7 Å². The van der Waals surface area contributed by atoms with Gasteiger partial charge in [0.15, 0.2) is 0 Å². The summed E-state index contributed by atoms with van der Waals surface area (Å²) in [6.07, 6.45) is 25.3. The van der Waals surface area contributed by atoms with E-state index in [9.17, 15) is 9.59 Å². The summed E-state index contributed by atoms with van der Waals surface area (Å²) >= 11 is 0. The highest BCUT2D eigenvalue weighted by Gasteiger charge is 2.28. The van der Waals surface area contributed by atoms with E-state index in [2.05, 4.69) is 18.7 Å². The maximum Gasteiger partial charge on any atom is 0.223 e. The quantitative estimate of drug-likeness (QED) is 0.128. The molecule has 1 aliphatic rings. The Labute approximate surface area is 180 Å². The molecule has 29 heavy (non-hydrogen) atoms. The van der Waals surface area contributed by atoms with Gasteiger partial charge in [-0.2, -0.15) is 0 Å². The monoisotopic (exact) mass is 405 g/mol. The molecule has 0 radical (unpaired) electrons. The third-order valence-electron chi connectivity index (χ3n) is 6.38. The van der Waals surface area contributed by atoms with Crippen LogP contribution in [0.2, 0.25) is 0 Å². The van der Waals surface area contributed by atoms with Crippen LogP contribution in [-0.2, 0) is 9.59 Å². The van der Waals surface area contributed by atoms with Crippen LogP contribution in [0.5, 0.6) is 0 Å². The summed E-state index contributed by atoms with van der Waals surface area (Å²) in [5.74, 6) is 0.291. The molecule has 3 heteroatoms. The summed E-state index contributed by atoms with van der Waals surface area (Å²) in [6, 6.07) is 0.210. The van der Waals surface area contributed by atoms with Gasteiger partial charge in [-0.15, -0.1) is 0 Å². The van der Waals surface area contributed by atoms with Crippen molar-refractivity contribution >= 4 is 12.2 Å². The number of carbonyl (C=O) groups excluding carboxylic acids is 2. The van der Waals surface area contributed by atoms with Gasteiger partial charge in [0.2, 0.25) is 5.91 Å². The summed E-state index contributed by atoms with van der Waals surface area (Å²) in [4.78, 5) is 24.9. The topological polar surface area (TPSA) is 37.4 Å². The first kappa shape index (κ1) is 25.9. The minimum atomic E-state index is 0.210. The van der Waals surface area contributed by atoms with E-state index in [1.165, 1.54) is 95.5 Å². The van der Waals surface area contributed by atoms with Crippen LogP contribution in [-0.4, -0.2) is 29.7 Å². The predicted octanol–water partition coefficient (Wildman–Crippen LogP) is 7.38. The Morgan fingerprint density at radius 3 is 1.86 bits per heavy atom. The molecule has 1 rings (SSSR count). The number of nitrogens with zero attached hydrogens (tertiary/aromatic N) is 1. The summed E-state index contributed by atoms with van der Waals surface area (Å²) in [7, 11) is 0. The van der Waals surface area contributed by atoms with Gasteiger partial charge < -0.3 is 9.69 Å². The highest BCUT2D eigenvalue weighted by molar-refractivity contribution is 5.78. The van der Waals surface area contributed by atoms with Crippen molar-refractivity contribution in [3.63, 3.8) is 0 Å². The van der Waals surface area contributed by atoms with E-state index in [-0.39, 0.29) is 6.04 Å². The van der Waals surface area contributed by atoms with Crippen LogP contribution in [0.4, 0.5) is 0 Å². The van der Waals surface area contributed by atoms with Gasteiger partial charge in [-0.3, -0.25) is 4.79 Å². The SMILES string of the molecule is CCCCCCCCCCCCCCCCC(/C(C)=C/CC=O)N1CCCC1=O. The standard InChI is InChI=1S/C26H47NO2/c1-3-4-5-6-7-8-9-10-11-12-13-14-15-16-20-25(24(2)19-18-23-28)27-22-17-21-26(27)29/h19,23,25H,3-18,20-22H2,1-2H3/b24-19+. The van der Waals surface area contributed by atoms with Crippen LogP contribution in [0.1, 0.15) is 129 Å². The molecule has 1 aliphatic heterocycles. The Hall–Kier alpha value is -1.12. The minimum Gasteiger partial charge on any atom is -0.336 e. The van der Waals surface area contributed by atoms with Gasteiger partial charge in [-0.25, -0.2) is 0 Å². The first-order valence-electron chi connectivity index (χ1n) is 12.6. The van der Waals surface area contributed by atoms with Crippen molar-refractivity contribution in [1.29, 1.82) is 0 Å². The van der Waals surface area contributed by atoms with Crippen LogP contribution in [0.15, 0.2) is 11.6 Å². The Bertz CT molecular complexity index is 458. The van der Waals surface area contributed by atoms with E-state index in [1.54, 1.807) is 0 Å². The minimum absolute atomic E-state index is 0.210. The zero-order chi connectivity index (χ0) is 21.2. The fourth-order valence-electron chi connectivity index (χ4n) is 4.53. The smallest absolute Gasteiger partial charge is 0.223 e. The molecular formula is C26H47NO2. The number of carbonyl (C=O) groups is 2. The average molecular weight is 406 g/mol. The average Bonchev–Trinajstić information content (AvgIpc) is 3.14. The normalized spacial score (nSPS) is 15.9. The van der Waals surface area contributed by atoms with Gasteiger partial charge in [0.1, 0.15) is 6.29 Å². The Balaban J connectivity index is 2.07. The third kappa shape index (κ3) is 12.2. The highest BCUT2D eigenvalue weighted by Crippen LogP contribution is 2.24. The number of hydrogen-bond donors (Lipinski definition) is 0. The molecule has 1 fully saturated rings. The molecule has 0 aromatic heterocycles. The number of unbranched alkanes of at least 4 members (excludes halogenated alkanes) is 13. The van der Waals surface area contributed by atoms with Crippen molar-refractivity contribution in [1.82, 2.24) is 4.90 Å². The maximum absolute atomic E-state index is 12.2. The molecule has 1 atom stereocenters. The molecular weight excluding hydrogens is 358 g/mol. The largest absolute Gasteiger partial charge is 0.336 e.